The van der Waals surface area contributed by atoms with Gasteiger partial charge < -0.3 is 15.0 Å². The Morgan fingerprint density at radius 3 is 2.29 bits per heavy atom. The van der Waals surface area contributed by atoms with Crippen LogP contribution < -0.4 is 5.32 Å². The predicted molar refractivity (Wildman–Crippen MR) is 97.2 cm³/mol. The van der Waals surface area contributed by atoms with Crippen LogP contribution in [-0.4, -0.2) is 64.6 Å². The first-order valence-electron chi connectivity index (χ1n) is 10.0. The van der Waals surface area contributed by atoms with Gasteiger partial charge in [-0.25, -0.2) is 18.3 Å². The van der Waals surface area contributed by atoms with Gasteiger partial charge in [0.25, 0.3) is 12.1 Å². The van der Waals surface area contributed by atoms with Crippen molar-refractivity contribution in [2.24, 2.45) is 0 Å². The quantitative estimate of drug-likeness (QED) is 0.516. The lowest BCUT2D eigenvalue weighted by Crippen LogP contribution is -2.48. The Balaban J connectivity index is 1.84. The fraction of sp³-hybridized carbons (Fsp3) is 0.526. The molecule has 0 spiro atoms. The average molecular weight is 500 g/mol. The average Bonchev–Trinajstić information content (AvgIpc) is 3.30. The van der Waals surface area contributed by atoms with Crippen molar-refractivity contribution in [2.75, 3.05) is 19.6 Å². The van der Waals surface area contributed by atoms with Crippen molar-refractivity contribution in [3.8, 4) is 0 Å². The van der Waals surface area contributed by atoms with Crippen LogP contribution in [0.2, 0.25) is 0 Å². The van der Waals surface area contributed by atoms with Crippen LogP contribution in [0.25, 0.3) is 10.9 Å². The lowest BCUT2D eigenvalue weighted by molar-refractivity contribution is -0.214. The first kappa shape index (κ1) is 24.2. The zero-order chi connectivity index (χ0) is 25.0. The van der Waals surface area contributed by atoms with Crippen LogP contribution in [0.3, 0.4) is 0 Å². The highest BCUT2D eigenvalue weighted by atomic mass is 19.4. The minimum absolute atomic E-state index is 0.0577. The molecule has 0 radical (unpaired) electrons. The molecule has 7 nitrogen and oxygen atoms in total. The van der Waals surface area contributed by atoms with Crippen LogP contribution in [0.5, 0.6) is 0 Å². The Kier molecular flexibility index (Phi) is 5.94. The van der Waals surface area contributed by atoms with E-state index in [1.54, 1.807) is 0 Å². The second kappa shape index (κ2) is 8.36. The number of hydrogen-bond donors (Lipinski definition) is 1. The number of carbonyl (C=O) groups excluding carboxylic acids is 2. The summed E-state index contributed by atoms with van der Waals surface area (Å²) < 4.78 is 112. The molecule has 1 amide bonds. The Hall–Kier alpha value is -2.97. The molecule has 0 bridgehead atoms. The van der Waals surface area contributed by atoms with Gasteiger partial charge in [0.05, 0.1) is 11.2 Å². The van der Waals surface area contributed by atoms with Gasteiger partial charge in [0, 0.05) is 37.0 Å². The molecule has 2 fully saturated rings. The van der Waals surface area contributed by atoms with Crippen LogP contribution in [0, 0.1) is 11.6 Å². The molecular formula is C19H16F8N4O3. The SMILES string of the molecule is O=C(C(OC(=O)C(F)(F)F)n1nc(C2CNC2)c2cc(F)c(F)cc21)N1CCC[C@H]1C(F)(F)F. The minimum atomic E-state index is -5.59. The van der Waals surface area contributed by atoms with Gasteiger partial charge in [0.1, 0.15) is 6.04 Å². The number of nitrogens with one attached hydrogen (secondary N) is 1. The highest BCUT2D eigenvalue weighted by Gasteiger charge is 2.51. The van der Waals surface area contributed by atoms with E-state index >= 15 is 0 Å². The van der Waals surface area contributed by atoms with Gasteiger partial charge in [-0.05, 0) is 18.9 Å². The Morgan fingerprint density at radius 2 is 1.74 bits per heavy atom. The number of rotatable bonds is 4. The van der Waals surface area contributed by atoms with E-state index in [-0.39, 0.29) is 22.4 Å². The zero-order valence-electron chi connectivity index (χ0n) is 17.0. The van der Waals surface area contributed by atoms with Crippen molar-refractivity contribution in [2.45, 2.75) is 43.4 Å². The van der Waals surface area contributed by atoms with Crippen LogP contribution in [0.4, 0.5) is 35.1 Å². The van der Waals surface area contributed by atoms with Crippen molar-refractivity contribution < 1.29 is 49.4 Å². The molecule has 186 valence electrons. The van der Waals surface area contributed by atoms with Crippen LogP contribution in [-0.2, 0) is 14.3 Å². The van der Waals surface area contributed by atoms with E-state index in [9.17, 15) is 44.7 Å². The van der Waals surface area contributed by atoms with Crippen molar-refractivity contribution >= 4 is 22.8 Å². The highest BCUT2D eigenvalue weighted by Crippen LogP contribution is 2.37. The summed E-state index contributed by atoms with van der Waals surface area (Å²) in [7, 11) is 0. The number of fused-ring (bicyclic) bond motifs is 1. The van der Waals surface area contributed by atoms with Crippen molar-refractivity contribution in [1.29, 1.82) is 0 Å². The van der Waals surface area contributed by atoms with Gasteiger partial charge in [0.2, 0.25) is 0 Å². The molecule has 3 heterocycles. The molecule has 34 heavy (non-hydrogen) atoms. The lowest BCUT2D eigenvalue weighted by atomic mass is 9.96. The lowest BCUT2D eigenvalue weighted by Gasteiger charge is -2.30. The number of amides is 1. The van der Waals surface area contributed by atoms with Crippen molar-refractivity contribution in [3.63, 3.8) is 0 Å². The van der Waals surface area contributed by atoms with E-state index in [4.69, 9.17) is 0 Å². The smallest absolute Gasteiger partial charge is 0.423 e. The summed E-state index contributed by atoms with van der Waals surface area (Å²) >= 11 is 0. The minimum Gasteiger partial charge on any atom is -0.423 e. The van der Waals surface area contributed by atoms with Crippen LogP contribution in [0.1, 0.15) is 30.7 Å². The molecule has 1 aromatic carbocycles. The molecule has 2 aliphatic heterocycles. The fourth-order valence-electron chi connectivity index (χ4n) is 4.00. The summed E-state index contributed by atoms with van der Waals surface area (Å²) in [6.45, 7) is 0.160. The van der Waals surface area contributed by atoms with E-state index in [2.05, 4.69) is 15.2 Å². The molecule has 1 aromatic heterocycles. The third kappa shape index (κ3) is 4.28. The number of aromatic nitrogens is 2. The van der Waals surface area contributed by atoms with Crippen molar-refractivity contribution in [1.82, 2.24) is 20.0 Å². The van der Waals surface area contributed by atoms with Crippen LogP contribution >= 0.6 is 0 Å². The molecule has 4 rings (SSSR count). The predicted octanol–water partition coefficient (Wildman–Crippen LogP) is 3.16. The maximum Gasteiger partial charge on any atom is 0.491 e. The fourth-order valence-corrected chi connectivity index (χ4v) is 4.00. The summed E-state index contributed by atoms with van der Waals surface area (Å²) in [6.07, 6.45) is -13.7. The van der Waals surface area contributed by atoms with E-state index in [0.29, 0.717) is 29.9 Å². The van der Waals surface area contributed by atoms with E-state index in [1.807, 2.05) is 0 Å². The maximum absolute atomic E-state index is 14.0. The Morgan fingerprint density at radius 1 is 1.09 bits per heavy atom. The molecule has 0 aliphatic carbocycles. The monoisotopic (exact) mass is 500 g/mol. The molecule has 2 aliphatic rings. The molecule has 2 aromatic rings. The van der Waals surface area contributed by atoms with Gasteiger partial charge in [0.15, 0.2) is 11.6 Å². The number of benzene rings is 1. The standard InChI is InChI=1S/C19H16F8N4O3/c20-10-4-9-12(5-11(10)21)31(29-14(9)8-6-28-7-8)16(34-17(33)19(25,26)27)15(32)30-3-1-2-13(30)18(22,23)24/h4-5,8,13,16,28H,1-3,6-7H2/t13-,16?/m0/s1. The molecule has 0 saturated carbocycles. The summed E-state index contributed by atoms with van der Waals surface area (Å²) in [5.74, 6) is -7.64. The number of esters is 1. The first-order chi connectivity index (χ1) is 15.8. The Bertz CT molecular complexity index is 1130. The van der Waals surface area contributed by atoms with Gasteiger partial charge in [-0.3, -0.25) is 4.79 Å². The number of alkyl halides is 6. The summed E-state index contributed by atoms with van der Waals surface area (Å²) in [5, 5.41) is 6.77. The van der Waals surface area contributed by atoms with Crippen molar-refractivity contribution in [3.05, 3.63) is 29.5 Å². The molecular weight excluding hydrogens is 484 g/mol. The molecule has 15 heteroatoms. The zero-order valence-corrected chi connectivity index (χ0v) is 17.0. The third-order valence-corrected chi connectivity index (χ3v) is 5.74. The van der Waals surface area contributed by atoms with Gasteiger partial charge >= 0.3 is 18.3 Å². The normalized spacial score (nSPS) is 20.5. The number of ether oxygens (including phenoxy) is 1. The van der Waals surface area contributed by atoms with E-state index in [1.165, 1.54) is 0 Å². The van der Waals surface area contributed by atoms with Gasteiger partial charge in [-0.2, -0.15) is 31.4 Å². The number of hydrogen-bond acceptors (Lipinski definition) is 5. The topological polar surface area (TPSA) is 76.5 Å². The summed E-state index contributed by atoms with van der Waals surface area (Å²) in [4.78, 5) is 24.9. The molecule has 1 unspecified atom stereocenters. The second-order valence-electron chi connectivity index (χ2n) is 7.96. The third-order valence-electron chi connectivity index (χ3n) is 5.74. The van der Waals surface area contributed by atoms with Gasteiger partial charge in [-0.1, -0.05) is 0 Å². The number of halogens is 8. The second-order valence-corrected chi connectivity index (χ2v) is 7.96. The molecule has 2 atom stereocenters. The van der Waals surface area contributed by atoms with Gasteiger partial charge in [-0.15, -0.1) is 0 Å². The van der Waals surface area contributed by atoms with E-state index < -0.39 is 72.5 Å². The first-order valence-corrected chi connectivity index (χ1v) is 10.0. The maximum atomic E-state index is 14.0. The summed E-state index contributed by atoms with van der Waals surface area (Å²) in [5.41, 5.74) is -0.362. The largest absolute Gasteiger partial charge is 0.491 e. The van der Waals surface area contributed by atoms with E-state index in [0.717, 1.165) is 0 Å². The Labute approximate surface area is 185 Å². The molecule has 1 N–H and O–H groups in total. The molecule has 2 saturated heterocycles. The number of carbonyl (C=O) groups is 2. The van der Waals surface area contributed by atoms with Crippen LogP contribution in [0.15, 0.2) is 12.1 Å². The number of likely N-dealkylation sites (tertiary alicyclic amines) is 1. The summed E-state index contributed by atoms with van der Waals surface area (Å²) in [6, 6.07) is -1.08. The highest BCUT2D eigenvalue weighted by molar-refractivity contribution is 5.88. The number of nitrogens with zero attached hydrogens (tertiary/aromatic N) is 3.